The summed E-state index contributed by atoms with van der Waals surface area (Å²) in [4.78, 5) is 29.3. The highest BCUT2D eigenvalue weighted by Crippen LogP contribution is 2.32. The predicted octanol–water partition coefficient (Wildman–Crippen LogP) is 1.84. The van der Waals surface area contributed by atoms with Crippen LogP contribution in [0.25, 0.3) is 0 Å². The van der Waals surface area contributed by atoms with E-state index in [9.17, 15) is 14.0 Å². The van der Waals surface area contributed by atoms with Gasteiger partial charge in [-0.25, -0.2) is 4.39 Å². The number of rotatable bonds is 5. The number of amides is 2. The number of ether oxygens (including phenoxy) is 1. The number of nitrogens with one attached hydrogen (secondary N) is 1. The second-order valence-electron chi connectivity index (χ2n) is 7.63. The Bertz CT molecular complexity index is 929. The molecular weight excluding hydrogens is 373 g/mol. The molecule has 0 aliphatic carbocycles. The van der Waals surface area contributed by atoms with Crippen molar-refractivity contribution in [2.45, 2.75) is 6.42 Å². The number of piperazine rings is 1. The minimum absolute atomic E-state index is 0.0229. The first-order chi connectivity index (χ1) is 14.0. The molecule has 2 amide bonds. The van der Waals surface area contributed by atoms with Crippen molar-refractivity contribution in [2.24, 2.45) is 5.41 Å². The molecule has 29 heavy (non-hydrogen) atoms. The van der Waals surface area contributed by atoms with Crippen molar-refractivity contribution in [2.75, 3.05) is 44.7 Å². The zero-order chi connectivity index (χ0) is 20.4. The van der Waals surface area contributed by atoms with Crippen LogP contribution in [-0.4, -0.2) is 56.5 Å². The van der Waals surface area contributed by atoms with E-state index in [0.29, 0.717) is 43.9 Å². The van der Waals surface area contributed by atoms with Gasteiger partial charge in [0, 0.05) is 37.9 Å². The Balaban J connectivity index is 1.47. The minimum Gasteiger partial charge on any atom is -0.497 e. The Morgan fingerprint density at radius 3 is 2.62 bits per heavy atom. The van der Waals surface area contributed by atoms with E-state index in [0.717, 1.165) is 5.69 Å². The van der Waals surface area contributed by atoms with E-state index in [2.05, 4.69) is 5.32 Å². The van der Waals surface area contributed by atoms with Gasteiger partial charge >= 0.3 is 0 Å². The fraction of sp³-hybridized carbons (Fsp3) is 0.364. The number of hydrogen-bond donors (Lipinski definition) is 1. The highest BCUT2D eigenvalue weighted by Gasteiger charge is 2.48. The van der Waals surface area contributed by atoms with Gasteiger partial charge in [0.1, 0.15) is 18.1 Å². The highest BCUT2D eigenvalue weighted by molar-refractivity contribution is 5.99. The van der Waals surface area contributed by atoms with Gasteiger partial charge in [-0.1, -0.05) is 24.3 Å². The minimum atomic E-state index is -0.694. The molecule has 0 aromatic heterocycles. The van der Waals surface area contributed by atoms with E-state index in [1.54, 1.807) is 35.1 Å². The van der Waals surface area contributed by atoms with Crippen molar-refractivity contribution in [1.82, 2.24) is 10.2 Å². The number of anilines is 1. The third-order valence-corrected chi connectivity index (χ3v) is 5.74. The van der Waals surface area contributed by atoms with Crippen molar-refractivity contribution in [3.8, 4) is 5.75 Å². The molecule has 2 aliphatic heterocycles. The number of carbonyl (C=O) groups excluding carboxylic acids is 2. The lowest BCUT2D eigenvalue weighted by Crippen LogP contribution is -2.65. The molecule has 2 aromatic carbocycles. The number of methoxy groups -OCH3 is 1. The average Bonchev–Trinajstić information content (AvgIpc) is 2.71. The smallest absolute Gasteiger partial charge is 0.246 e. The third-order valence-electron chi connectivity index (χ3n) is 5.74. The number of benzene rings is 2. The zero-order valence-corrected chi connectivity index (χ0v) is 16.4. The maximum Gasteiger partial charge on any atom is 0.246 e. The first-order valence-electron chi connectivity index (χ1n) is 9.70. The predicted molar refractivity (Wildman–Crippen MR) is 107 cm³/mol. The van der Waals surface area contributed by atoms with E-state index in [4.69, 9.17) is 4.74 Å². The van der Waals surface area contributed by atoms with Gasteiger partial charge in [0.05, 0.1) is 12.5 Å². The van der Waals surface area contributed by atoms with Crippen LogP contribution < -0.4 is 15.0 Å². The molecule has 0 atom stereocenters. The maximum absolute atomic E-state index is 14.1. The summed E-state index contributed by atoms with van der Waals surface area (Å²) in [6.45, 7) is 1.87. The monoisotopic (exact) mass is 397 g/mol. The molecule has 2 heterocycles. The standard InChI is InChI=1S/C22H24FN3O3/c1-29-18-7-4-6-17(11-18)26-10-9-25(13-20(26)27)21(28)22(14-24-15-22)12-16-5-2-3-8-19(16)23/h2-8,11,24H,9-10,12-15H2,1H3. The van der Waals surface area contributed by atoms with Crippen molar-refractivity contribution < 1.29 is 18.7 Å². The van der Waals surface area contributed by atoms with Gasteiger partial charge in [0.15, 0.2) is 0 Å². The van der Waals surface area contributed by atoms with Crippen LogP contribution in [0, 0.1) is 11.2 Å². The van der Waals surface area contributed by atoms with Crippen LogP contribution in [0.3, 0.4) is 0 Å². The molecule has 0 spiro atoms. The SMILES string of the molecule is COc1cccc(N2CCN(C(=O)C3(Cc4ccccc4F)CNC3)CC2=O)c1. The zero-order valence-electron chi connectivity index (χ0n) is 16.4. The molecule has 0 unspecified atom stereocenters. The molecular formula is C22H24FN3O3. The average molecular weight is 397 g/mol. The summed E-state index contributed by atoms with van der Waals surface area (Å²) in [7, 11) is 1.58. The molecule has 6 nitrogen and oxygen atoms in total. The summed E-state index contributed by atoms with van der Waals surface area (Å²) in [5.41, 5.74) is 0.595. The second kappa shape index (κ2) is 7.83. The molecule has 7 heteroatoms. The van der Waals surface area contributed by atoms with Crippen LogP contribution in [0.15, 0.2) is 48.5 Å². The lowest BCUT2D eigenvalue weighted by Gasteiger charge is -2.46. The number of hydrogen-bond acceptors (Lipinski definition) is 4. The summed E-state index contributed by atoms with van der Waals surface area (Å²) in [6, 6.07) is 13.9. The molecule has 2 saturated heterocycles. The van der Waals surface area contributed by atoms with Gasteiger partial charge in [-0.05, 0) is 30.2 Å². The van der Waals surface area contributed by atoms with E-state index in [1.807, 2.05) is 24.3 Å². The van der Waals surface area contributed by atoms with E-state index >= 15 is 0 Å². The molecule has 0 radical (unpaired) electrons. The quantitative estimate of drug-likeness (QED) is 0.837. The van der Waals surface area contributed by atoms with E-state index in [1.165, 1.54) is 6.07 Å². The van der Waals surface area contributed by atoms with Crippen molar-refractivity contribution in [3.05, 3.63) is 59.9 Å². The van der Waals surface area contributed by atoms with Crippen molar-refractivity contribution in [1.29, 1.82) is 0 Å². The lowest BCUT2D eigenvalue weighted by atomic mass is 9.74. The summed E-state index contributed by atoms with van der Waals surface area (Å²) in [5, 5.41) is 3.14. The summed E-state index contributed by atoms with van der Waals surface area (Å²) < 4.78 is 19.4. The van der Waals surface area contributed by atoms with E-state index in [-0.39, 0.29) is 24.2 Å². The first kappa shape index (κ1) is 19.4. The Labute approximate surface area is 169 Å². The molecule has 0 saturated carbocycles. The third kappa shape index (κ3) is 3.70. The van der Waals surface area contributed by atoms with Gasteiger partial charge in [-0.3, -0.25) is 9.59 Å². The maximum atomic E-state index is 14.1. The Hall–Kier alpha value is -2.93. The van der Waals surface area contributed by atoms with E-state index < -0.39 is 5.41 Å². The van der Waals surface area contributed by atoms with Crippen LogP contribution in [0.5, 0.6) is 5.75 Å². The van der Waals surface area contributed by atoms with Crippen LogP contribution in [0.4, 0.5) is 10.1 Å². The Kier molecular flexibility index (Phi) is 5.24. The molecule has 2 fully saturated rings. The first-order valence-corrected chi connectivity index (χ1v) is 9.70. The Morgan fingerprint density at radius 1 is 1.17 bits per heavy atom. The summed E-state index contributed by atoms with van der Waals surface area (Å²) in [6.07, 6.45) is 0.329. The molecule has 4 rings (SSSR count). The molecule has 152 valence electrons. The molecule has 1 N–H and O–H groups in total. The van der Waals surface area contributed by atoms with Crippen LogP contribution in [0.1, 0.15) is 5.56 Å². The van der Waals surface area contributed by atoms with Crippen LogP contribution >= 0.6 is 0 Å². The lowest BCUT2D eigenvalue weighted by molar-refractivity contribution is -0.148. The number of nitrogens with zero attached hydrogens (tertiary/aromatic N) is 2. The molecule has 2 aliphatic rings. The van der Waals surface area contributed by atoms with Gasteiger partial charge < -0.3 is 19.9 Å². The highest BCUT2D eigenvalue weighted by atomic mass is 19.1. The van der Waals surface area contributed by atoms with Crippen LogP contribution in [0.2, 0.25) is 0 Å². The normalized spacial score (nSPS) is 18.3. The summed E-state index contributed by atoms with van der Waals surface area (Å²) >= 11 is 0. The number of halogens is 1. The largest absolute Gasteiger partial charge is 0.497 e. The Morgan fingerprint density at radius 2 is 1.97 bits per heavy atom. The second-order valence-corrected chi connectivity index (χ2v) is 7.63. The summed E-state index contributed by atoms with van der Waals surface area (Å²) in [5.74, 6) is 0.160. The fourth-order valence-corrected chi connectivity index (χ4v) is 4.02. The van der Waals surface area contributed by atoms with Crippen molar-refractivity contribution >= 4 is 17.5 Å². The van der Waals surface area contributed by atoms with Gasteiger partial charge in [0.2, 0.25) is 11.8 Å². The molecule has 2 aromatic rings. The van der Waals surface area contributed by atoms with Gasteiger partial charge in [0.25, 0.3) is 0 Å². The van der Waals surface area contributed by atoms with Gasteiger partial charge in [-0.15, -0.1) is 0 Å². The fourth-order valence-electron chi connectivity index (χ4n) is 4.02. The van der Waals surface area contributed by atoms with Crippen molar-refractivity contribution in [3.63, 3.8) is 0 Å². The number of carbonyl (C=O) groups is 2. The molecule has 0 bridgehead atoms. The van der Waals surface area contributed by atoms with Gasteiger partial charge in [-0.2, -0.15) is 0 Å². The van der Waals surface area contributed by atoms with Crippen LogP contribution in [-0.2, 0) is 16.0 Å². The topological polar surface area (TPSA) is 61.9 Å².